The van der Waals surface area contributed by atoms with Crippen LogP contribution in [-0.4, -0.2) is 61.0 Å². The fraction of sp³-hybridized carbons (Fsp3) is 0.889. The highest BCUT2D eigenvalue weighted by atomic mass is 127. The molecule has 148 valence electrons. The Morgan fingerprint density at radius 1 is 1.24 bits per heavy atom. The lowest BCUT2D eigenvalue weighted by Gasteiger charge is -2.34. The van der Waals surface area contributed by atoms with Gasteiger partial charge in [0.15, 0.2) is 5.96 Å². The Labute approximate surface area is 175 Å². The minimum atomic E-state index is 0. The van der Waals surface area contributed by atoms with Crippen molar-refractivity contribution < 1.29 is 4.79 Å². The summed E-state index contributed by atoms with van der Waals surface area (Å²) in [7, 11) is 0. The van der Waals surface area contributed by atoms with Gasteiger partial charge in [0.2, 0.25) is 5.91 Å². The smallest absolute Gasteiger partial charge is 0.225 e. The molecule has 1 amide bonds. The molecule has 0 atom stereocenters. The third kappa shape index (κ3) is 9.35. The van der Waals surface area contributed by atoms with Crippen LogP contribution in [0.15, 0.2) is 4.99 Å². The summed E-state index contributed by atoms with van der Waals surface area (Å²) in [6.45, 7) is 9.77. The zero-order chi connectivity index (χ0) is 17.8. The summed E-state index contributed by atoms with van der Waals surface area (Å²) in [4.78, 5) is 19.2. The first-order chi connectivity index (χ1) is 11.7. The van der Waals surface area contributed by atoms with Gasteiger partial charge >= 0.3 is 0 Å². The number of guanidine groups is 1. The Balaban J connectivity index is 0.00000576. The van der Waals surface area contributed by atoms with Crippen molar-refractivity contribution in [3.05, 3.63) is 0 Å². The number of hydrogen-bond acceptors (Lipinski definition) is 3. The van der Waals surface area contributed by atoms with Crippen LogP contribution >= 0.6 is 35.7 Å². The summed E-state index contributed by atoms with van der Waals surface area (Å²) in [6.07, 6.45) is 7.13. The van der Waals surface area contributed by atoms with Crippen molar-refractivity contribution in [3.63, 3.8) is 0 Å². The molecule has 0 bridgehead atoms. The maximum Gasteiger partial charge on any atom is 0.225 e. The number of aliphatic imine (C=N–C) groups is 1. The molecule has 25 heavy (non-hydrogen) atoms. The van der Waals surface area contributed by atoms with Crippen LogP contribution in [0.4, 0.5) is 0 Å². The summed E-state index contributed by atoms with van der Waals surface area (Å²) in [5, 5.41) is 6.87. The van der Waals surface area contributed by atoms with Crippen LogP contribution in [0.5, 0.6) is 0 Å². The van der Waals surface area contributed by atoms with Crippen LogP contribution in [0.1, 0.15) is 52.9 Å². The molecule has 0 aromatic rings. The van der Waals surface area contributed by atoms with Crippen molar-refractivity contribution >= 4 is 47.6 Å². The fourth-order valence-corrected chi connectivity index (χ4v) is 3.47. The first kappa shape index (κ1) is 24.8. The van der Waals surface area contributed by atoms with E-state index in [4.69, 9.17) is 0 Å². The predicted octanol–water partition coefficient (Wildman–Crippen LogP) is 3.34. The number of carbonyl (C=O) groups excluding carboxylic acids is 1. The molecule has 1 fully saturated rings. The van der Waals surface area contributed by atoms with Crippen LogP contribution in [-0.2, 0) is 4.79 Å². The van der Waals surface area contributed by atoms with E-state index in [1.807, 2.05) is 11.8 Å². The molecule has 1 aliphatic rings. The number of nitrogens with one attached hydrogen (secondary N) is 2. The maximum atomic E-state index is 12.5. The number of nitrogens with zero attached hydrogens (tertiary/aromatic N) is 2. The minimum absolute atomic E-state index is 0. The predicted molar refractivity (Wildman–Crippen MR) is 121 cm³/mol. The van der Waals surface area contributed by atoms with E-state index >= 15 is 0 Å². The molecular formula is C18H37IN4OS. The van der Waals surface area contributed by atoms with Gasteiger partial charge in [-0.1, -0.05) is 13.8 Å². The van der Waals surface area contributed by atoms with E-state index < -0.39 is 0 Å². The van der Waals surface area contributed by atoms with Gasteiger partial charge < -0.3 is 15.5 Å². The number of likely N-dealkylation sites (tertiary alicyclic amines) is 1. The second kappa shape index (κ2) is 14.9. The zero-order valence-electron chi connectivity index (χ0n) is 16.3. The first-order valence-electron chi connectivity index (χ1n) is 9.48. The lowest BCUT2D eigenvalue weighted by Crippen LogP contribution is -2.50. The van der Waals surface area contributed by atoms with Crippen molar-refractivity contribution in [2.45, 2.75) is 58.9 Å². The molecule has 0 radical (unpaired) electrons. The molecule has 0 aromatic heterocycles. The fourth-order valence-electron chi connectivity index (χ4n) is 3.05. The summed E-state index contributed by atoms with van der Waals surface area (Å²) < 4.78 is 0. The zero-order valence-corrected chi connectivity index (χ0v) is 19.5. The molecule has 0 spiro atoms. The van der Waals surface area contributed by atoms with E-state index in [2.05, 4.69) is 47.6 Å². The average molecular weight is 484 g/mol. The van der Waals surface area contributed by atoms with Crippen LogP contribution < -0.4 is 10.6 Å². The highest BCUT2D eigenvalue weighted by molar-refractivity contribution is 14.0. The maximum absolute atomic E-state index is 12.5. The Hall–Kier alpha value is -0.180. The van der Waals surface area contributed by atoms with Crippen LogP contribution in [0.3, 0.4) is 0 Å². The van der Waals surface area contributed by atoms with Crippen molar-refractivity contribution in [2.75, 3.05) is 38.2 Å². The van der Waals surface area contributed by atoms with E-state index in [1.54, 1.807) is 0 Å². The highest BCUT2D eigenvalue weighted by Gasteiger charge is 2.26. The standard InChI is InChI=1S/C18H36N4OS.HI/c1-5-15(6-2)17(23)22-12-9-16(10-13-22)21-18(19-7-3)20-11-8-14-24-4;/h15-16H,5-14H2,1-4H3,(H2,19,20,21);1H. The second-order valence-corrected chi connectivity index (χ2v) is 7.35. The minimum Gasteiger partial charge on any atom is -0.357 e. The molecule has 1 heterocycles. The van der Waals surface area contributed by atoms with Gasteiger partial charge in [0, 0.05) is 38.1 Å². The van der Waals surface area contributed by atoms with E-state index in [0.717, 1.165) is 70.0 Å². The SMILES string of the molecule is CCNC(=NCCCSC)NC1CCN(C(=O)C(CC)CC)CC1.I. The third-order valence-electron chi connectivity index (χ3n) is 4.60. The van der Waals surface area contributed by atoms with E-state index in [-0.39, 0.29) is 29.9 Å². The molecule has 1 rings (SSSR count). The Bertz CT molecular complexity index is 383. The van der Waals surface area contributed by atoms with Gasteiger partial charge in [0.25, 0.3) is 0 Å². The third-order valence-corrected chi connectivity index (χ3v) is 5.30. The van der Waals surface area contributed by atoms with Crippen LogP contribution in [0.25, 0.3) is 0 Å². The second-order valence-electron chi connectivity index (χ2n) is 6.36. The molecule has 5 nitrogen and oxygen atoms in total. The molecule has 0 aliphatic carbocycles. The molecule has 1 aliphatic heterocycles. The molecule has 7 heteroatoms. The largest absolute Gasteiger partial charge is 0.357 e. The Morgan fingerprint density at radius 3 is 2.40 bits per heavy atom. The Kier molecular flexibility index (Phi) is 14.8. The van der Waals surface area contributed by atoms with Crippen molar-refractivity contribution in [1.29, 1.82) is 0 Å². The van der Waals surface area contributed by atoms with E-state index in [0.29, 0.717) is 11.9 Å². The van der Waals surface area contributed by atoms with Gasteiger partial charge in [-0.3, -0.25) is 9.79 Å². The van der Waals surface area contributed by atoms with Gasteiger partial charge in [-0.05, 0) is 51.0 Å². The van der Waals surface area contributed by atoms with Crippen molar-refractivity contribution in [1.82, 2.24) is 15.5 Å². The monoisotopic (exact) mass is 484 g/mol. The number of rotatable bonds is 9. The molecular weight excluding hydrogens is 447 g/mol. The van der Waals surface area contributed by atoms with Crippen molar-refractivity contribution in [2.24, 2.45) is 10.9 Å². The van der Waals surface area contributed by atoms with Gasteiger partial charge in [-0.15, -0.1) is 24.0 Å². The lowest BCUT2D eigenvalue weighted by molar-refractivity contribution is -0.136. The average Bonchev–Trinajstić information content (AvgIpc) is 2.60. The van der Waals surface area contributed by atoms with E-state index in [1.165, 1.54) is 0 Å². The number of halogens is 1. The lowest BCUT2D eigenvalue weighted by atomic mass is 9.98. The summed E-state index contributed by atoms with van der Waals surface area (Å²) in [5.41, 5.74) is 0. The molecule has 1 saturated heterocycles. The topological polar surface area (TPSA) is 56.7 Å². The van der Waals surface area contributed by atoms with E-state index in [9.17, 15) is 4.79 Å². The number of amides is 1. The number of thioether (sulfide) groups is 1. The highest BCUT2D eigenvalue weighted by Crippen LogP contribution is 2.17. The summed E-state index contributed by atoms with van der Waals surface area (Å²) in [5.74, 6) is 2.61. The number of piperidine rings is 1. The van der Waals surface area contributed by atoms with Crippen LogP contribution in [0.2, 0.25) is 0 Å². The quantitative estimate of drug-likeness (QED) is 0.228. The molecule has 2 N–H and O–H groups in total. The summed E-state index contributed by atoms with van der Waals surface area (Å²) in [6, 6.07) is 0.411. The van der Waals surface area contributed by atoms with Gasteiger partial charge in [-0.2, -0.15) is 11.8 Å². The molecule has 0 unspecified atom stereocenters. The van der Waals surface area contributed by atoms with Gasteiger partial charge in [0.1, 0.15) is 0 Å². The molecule has 0 aromatic carbocycles. The number of hydrogen-bond donors (Lipinski definition) is 2. The van der Waals surface area contributed by atoms with Crippen molar-refractivity contribution in [3.8, 4) is 0 Å². The molecule has 0 saturated carbocycles. The Morgan fingerprint density at radius 2 is 1.88 bits per heavy atom. The normalized spacial score (nSPS) is 15.9. The van der Waals surface area contributed by atoms with Crippen LogP contribution in [0, 0.1) is 5.92 Å². The van der Waals surface area contributed by atoms with Gasteiger partial charge in [-0.25, -0.2) is 0 Å². The number of carbonyl (C=O) groups is 1. The first-order valence-corrected chi connectivity index (χ1v) is 10.9. The van der Waals surface area contributed by atoms with Gasteiger partial charge in [0.05, 0.1) is 0 Å². The summed E-state index contributed by atoms with van der Waals surface area (Å²) >= 11 is 1.86.